The smallest absolute Gasteiger partial charge is 0.179 e. The molecular weight excluding hydrogens is 214 g/mol. The highest BCUT2D eigenvalue weighted by atomic mass is 16.5. The quantitative estimate of drug-likeness (QED) is 0.771. The van der Waals surface area contributed by atoms with Gasteiger partial charge in [0.15, 0.2) is 5.88 Å². The fourth-order valence-electron chi connectivity index (χ4n) is 1.41. The van der Waals surface area contributed by atoms with Crippen LogP contribution in [0.15, 0.2) is 36.7 Å². The van der Waals surface area contributed by atoms with Gasteiger partial charge in [0, 0.05) is 6.54 Å². The summed E-state index contributed by atoms with van der Waals surface area (Å²) in [6.45, 7) is 10.5. The van der Waals surface area contributed by atoms with E-state index in [9.17, 15) is 0 Å². The van der Waals surface area contributed by atoms with E-state index in [1.807, 2.05) is 32.9 Å². The molecule has 0 atom stereocenters. The van der Waals surface area contributed by atoms with Gasteiger partial charge in [-0.3, -0.25) is 0 Å². The molecule has 0 spiro atoms. The standard InChI is InChI=1S/C14H21NO2/c1-11(17-14(2,3)4)15-10-9-12-5-7-13(16)8-6-12/h5-8,15-16H,1,9-10H2,2-4H3. The van der Waals surface area contributed by atoms with Crippen LogP contribution in [0.2, 0.25) is 0 Å². The van der Waals surface area contributed by atoms with Crippen molar-refractivity contribution in [3.8, 4) is 5.75 Å². The Morgan fingerprint density at radius 3 is 2.41 bits per heavy atom. The molecule has 3 heteroatoms. The highest BCUT2D eigenvalue weighted by molar-refractivity contribution is 5.26. The highest BCUT2D eigenvalue weighted by Gasteiger charge is 2.11. The minimum atomic E-state index is -0.220. The summed E-state index contributed by atoms with van der Waals surface area (Å²) in [6, 6.07) is 7.19. The van der Waals surface area contributed by atoms with Crippen LogP contribution in [-0.2, 0) is 11.2 Å². The number of rotatable bonds is 5. The maximum Gasteiger partial charge on any atom is 0.179 e. The van der Waals surface area contributed by atoms with E-state index in [4.69, 9.17) is 9.84 Å². The first-order chi connectivity index (χ1) is 7.87. The molecule has 2 N–H and O–H groups in total. The second kappa shape index (κ2) is 5.62. The van der Waals surface area contributed by atoms with Crippen LogP contribution >= 0.6 is 0 Å². The zero-order chi connectivity index (χ0) is 12.9. The van der Waals surface area contributed by atoms with Gasteiger partial charge >= 0.3 is 0 Å². The van der Waals surface area contributed by atoms with Gasteiger partial charge in [-0.2, -0.15) is 0 Å². The predicted octanol–water partition coefficient (Wildman–Crippen LogP) is 2.81. The van der Waals surface area contributed by atoms with E-state index in [-0.39, 0.29) is 5.60 Å². The van der Waals surface area contributed by atoms with Gasteiger partial charge in [0.25, 0.3) is 0 Å². The van der Waals surface area contributed by atoms with E-state index in [1.165, 1.54) is 5.56 Å². The molecule has 0 aliphatic heterocycles. The van der Waals surface area contributed by atoms with Crippen LogP contribution in [-0.4, -0.2) is 17.3 Å². The number of aromatic hydroxyl groups is 1. The van der Waals surface area contributed by atoms with Crippen molar-refractivity contribution >= 4 is 0 Å². The average molecular weight is 235 g/mol. The van der Waals surface area contributed by atoms with Crippen LogP contribution in [0.4, 0.5) is 0 Å². The molecule has 17 heavy (non-hydrogen) atoms. The zero-order valence-electron chi connectivity index (χ0n) is 10.8. The summed E-state index contributed by atoms with van der Waals surface area (Å²) in [7, 11) is 0. The molecule has 3 nitrogen and oxygen atoms in total. The molecular formula is C14H21NO2. The number of hydrogen-bond acceptors (Lipinski definition) is 3. The van der Waals surface area contributed by atoms with Gasteiger partial charge in [0.05, 0.1) is 0 Å². The minimum Gasteiger partial charge on any atom is -0.508 e. The molecule has 1 rings (SSSR count). The molecule has 0 bridgehead atoms. The third-order valence-corrected chi connectivity index (χ3v) is 2.10. The van der Waals surface area contributed by atoms with Crippen molar-refractivity contribution in [1.29, 1.82) is 0 Å². The molecule has 94 valence electrons. The second-order valence-corrected chi connectivity index (χ2v) is 4.98. The number of ether oxygens (including phenoxy) is 1. The van der Waals surface area contributed by atoms with E-state index in [2.05, 4.69) is 11.9 Å². The molecule has 0 saturated carbocycles. The van der Waals surface area contributed by atoms with Crippen LogP contribution in [0.25, 0.3) is 0 Å². The van der Waals surface area contributed by atoms with Crippen molar-refractivity contribution in [2.45, 2.75) is 32.8 Å². The molecule has 0 aliphatic rings. The van der Waals surface area contributed by atoms with Gasteiger partial charge in [-0.15, -0.1) is 0 Å². The lowest BCUT2D eigenvalue weighted by molar-refractivity contribution is 0.0417. The van der Waals surface area contributed by atoms with E-state index in [1.54, 1.807) is 12.1 Å². The molecule has 0 aliphatic carbocycles. The largest absolute Gasteiger partial charge is 0.508 e. The second-order valence-electron chi connectivity index (χ2n) is 4.98. The molecule has 0 heterocycles. The van der Waals surface area contributed by atoms with E-state index < -0.39 is 0 Å². The molecule has 0 unspecified atom stereocenters. The normalized spacial score (nSPS) is 11.0. The number of nitrogens with one attached hydrogen (secondary N) is 1. The average Bonchev–Trinajstić information content (AvgIpc) is 2.18. The molecule has 0 fully saturated rings. The maximum atomic E-state index is 9.15. The van der Waals surface area contributed by atoms with Gasteiger partial charge in [-0.05, 0) is 51.5 Å². The predicted molar refractivity (Wildman–Crippen MR) is 69.8 cm³/mol. The Labute approximate surface area is 103 Å². The Morgan fingerprint density at radius 1 is 1.29 bits per heavy atom. The van der Waals surface area contributed by atoms with Crippen molar-refractivity contribution in [3.05, 3.63) is 42.3 Å². The summed E-state index contributed by atoms with van der Waals surface area (Å²) >= 11 is 0. The van der Waals surface area contributed by atoms with E-state index in [0.717, 1.165) is 13.0 Å². The third kappa shape index (κ3) is 5.85. The zero-order valence-corrected chi connectivity index (χ0v) is 10.8. The van der Waals surface area contributed by atoms with Gasteiger partial charge in [0.2, 0.25) is 0 Å². The molecule has 0 aromatic heterocycles. The summed E-state index contributed by atoms with van der Waals surface area (Å²) in [5.41, 5.74) is 0.946. The molecule has 0 saturated heterocycles. The lowest BCUT2D eigenvalue weighted by Gasteiger charge is -2.23. The van der Waals surface area contributed by atoms with Crippen molar-refractivity contribution in [2.75, 3.05) is 6.54 Å². The van der Waals surface area contributed by atoms with Crippen molar-refractivity contribution in [3.63, 3.8) is 0 Å². The SMILES string of the molecule is C=C(NCCc1ccc(O)cc1)OC(C)(C)C. The van der Waals surface area contributed by atoms with Gasteiger partial charge in [-0.1, -0.05) is 12.1 Å². The number of benzene rings is 1. The third-order valence-electron chi connectivity index (χ3n) is 2.10. The lowest BCUT2D eigenvalue weighted by Crippen LogP contribution is -2.26. The highest BCUT2D eigenvalue weighted by Crippen LogP contribution is 2.11. The first-order valence-corrected chi connectivity index (χ1v) is 5.76. The fourth-order valence-corrected chi connectivity index (χ4v) is 1.41. The summed E-state index contributed by atoms with van der Waals surface area (Å²) < 4.78 is 5.55. The molecule has 0 radical (unpaired) electrons. The van der Waals surface area contributed by atoms with Crippen molar-refractivity contribution in [1.82, 2.24) is 5.32 Å². The summed E-state index contributed by atoms with van der Waals surface area (Å²) in [5.74, 6) is 0.887. The first-order valence-electron chi connectivity index (χ1n) is 5.76. The first kappa shape index (κ1) is 13.4. The maximum absolute atomic E-state index is 9.15. The Hall–Kier alpha value is -1.64. The monoisotopic (exact) mass is 235 g/mol. The van der Waals surface area contributed by atoms with Crippen LogP contribution < -0.4 is 5.32 Å². The Balaban J connectivity index is 2.28. The van der Waals surface area contributed by atoms with Crippen molar-refractivity contribution < 1.29 is 9.84 Å². The molecule has 1 aromatic rings. The van der Waals surface area contributed by atoms with E-state index >= 15 is 0 Å². The molecule has 0 amide bonds. The number of hydrogen-bond donors (Lipinski definition) is 2. The van der Waals surface area contributed by atoms with Crippen LogP contribution in [0, 0.1) is 0 Å². The number of phenols is 1. The van der Waals surface area contributed by atoms with Crippen LogP contribution in [0.5, 0.6) is 5.75 Å². The van der Waals surface area contributed by atoms with Gasteiger partial charge < -0.3 is 15.2 Å². The number of phenolic OH excluding ortho intramolecular Hbond substituents is 1. The summed E-state index contributed by atoms with van der Waals surface area (Å²) in [5, 5.41) is 12.3. The van der Waals surface area contributed by atoms with Crippen molar-refractivity contribution in [2.24, 2.45) is 0 Å². The topological polar surface area (TPSA) is 41.5 Å². The van der Waals surface area contributed by atoms with Crippen LogP contribution in [0.3, 0.4) is 0 Å². The van der Waals surface area contributed by atoms with E-state index in [0.29, 0.717) is 11.6 Å². The lowest BCUT2D eigenvalue weighted by atomic mass is 10.1. The minimum absolute atomic E-state index is 0.220. The summed E-state index contributed by atoms with van der Waals surface area (Å²) in [4.78, 5) is 0. The van der Waals surface area contributed by atoms with Gasteiger partial charge in [0.1, 0.15) is 11.4 Å². The van der Waals surface area contributed by atoms with Crippen LogP contribution in [0.1, 0.15) is 26.3 Å². The Bertz CT molecular complexity index is 363. The Morgan fingerprint density at radius 2 is 1.88 bits per heavy atom. The Kier molecular flexibility index (Phi) is 4.44. The van der Waals surface area contributed by atoms with Gasteiger partial charge in [-0.25, -0.2) is 0 Å². The summed E-state index contributed by atoms with van der Waals surface area (Å²) in [6.07, 6.45) is 0.868. The molecule has 1 aromatic carbocycles. The fraction of sp³-hybridized carbons (Fsp3) is 0.429.